The molecule has 0 spiro atoms. The number of phenolic OH excluding ortho intramolecular Hbond substituents is 1. The Morgan fingerprint density at radius 3 is 2.61 bits per heavy atom. The molecule has 4 heterocycles. The second-order valence-corrected chi connectivity index (χ2v) is 12.0. The number of fused-ring (bicyclic) bond motifs is 1. The van der Waals surface area contributed by atoms with Gasteiger partial charge in [-0.05, 0) is 37.1 Å². The summed E-state index contributed by atoms with van der Waals surface area (Å²) in [7, 11) is 0. The highest BCUT2D eigenvalue weighted by atomic mass is 35.5. The lowest BCUT2D eigenvalue weighted by atomic mass is 9.94. The molecule has 38 heavy (non-hydrogen) atoms. The van der Waals surface area contributed by atoms with E-state index >= 15 is 0 Å². The summed E-state index contributed by atoms with van der Waals surface area (Å²) in [5, 5.41) is 17.7. The quantitative estimate of drug-likeness (QED) is 0.263. The van der Waals surface area contributed by atoms with E-state index in [-0.39, 0.29) is 24.1 Å². The van der Waals surface area contributed by atoms with Crippen LogP contribution in [0.3, 0.4) is 0 Å². The van der Waals surface area contributed by atoms with Crippen molar-refractivity contribution in [3.8, 4) is 16.3 Å². The van der Waals surface area contributed by atoms with Gasteiger partial charge in [0.15, 0.2) is 5.13 Å². The standard InChI is InChI=1S/C27H28ClN5O2S2.ClH/c28-19-13-23(36-16-19)24-26(33-10-8-32(9-11-33)20-4-2-1-3-5-20)37-27(30-24)31-25(35)18-12-17-6-7-21(34)14-22(17)29-15-18;/h6-7,12-16,20,34H,1-5,8-11H2,(H,30,31,35);1H. The molecule has 0 atom stereocenters. The minimum absolute atomic E-state index is 0. The highest BCUT2D eigenvalue weighted by Crippen LogP contribution is 2.42. The third-order valence-corrected chi connectivity index (χ3v) is 9.57. The number of phenols is 1. The molecule has 0 unspecified atom stereocenters. The zero-order valence-corrected chi connectivity index (χ0v) is 23.9. The average molecular weight is 591 g/mol. The lowest BCUT2D eigenvalue weighted by molar-refractivity contribution is 0.102. The molecule has 0 radical (unpaired) electrons. The number of rotatable bonds is 5. The van der Waals surface area contributed by atoms with Gasteiger partial charge in [0.05, 0.1) is 21.0 Å². The SMILES string of the molecule is Cl.O=C(Nc1nc(-c2cc(Cl)cs2)c(N2CCN(C3CCCCC3)CC2)s1)c1cnc2cc(O)ccc2c1. The van der Waals surface area contributed by atoms with Gasteiger partial charge in [0.1, 0.15) is 16.4 Å². The van der Waals surface area contributed by atoms with E-state index in [4.69, 9.17) is 16.6 Å². The zero-order valence-electron chi connectivity index (χ0n) is 20.7. The van der Waals surface area contributed by atoms with Gasteiger partial charge in [-0.3, -0.25) is 20.0 Å². The van der Waals surface area contributed by atoms with Gasteiger partial charge >= 0.3 is 0 Å². The normalized spacial score (nSPS) is 16.9. The van der Waals surface area contributed by atoms with Crippen molar-refractivity contribution in [1.29, 1.82) is 0 Å². The van der Waals surface area contributed by atoms with Crippen molar-refractivity contribution < 1.29 is 9.90 Å². The Balaban J connectivity index is 0.00000294. The number of aromatic nitrogens is 2. The topological polar surface area (TPSA) is 81.6 Å². The van der Waals surface area contributed by atoms with Crippen LogP contribution in [-0.2, 0) is 0 Å². The molecule has 3 aromatic heterocycles. The molecule has 2 aliphatic rings. The Labute approximate surface area is 240 Å². The Bertz CT molecular complexity index is 1430. The van der Waals surface area contributed by atoms with Gasteiger partial charge in [0, 0.05) is 55.3 Å². The summed E-state index contributed by atoms with van der Waals surface area (Å²) in [4.78, 5) is 28.3. The smallest absolute Gasteiger partial charge is 0.259 e. The minimum Gasteiger partial charge on any atom is -0.508 e. The van der Waals surface area contributed by atoms with Gasteiger partial charge in [0.2, 0.25) is 0 Å². The Morgan fingerprint density at radius 2 is 1.87 bits per heavy atom. The van der Waals surface area contributed by atoms with E-state index in [9.17, 15) is 9.90 Å². The Kier molecular flexibility index (Phi) is 8.40. The number of carbonyl (C=O) groups is 1. The molecule has 1 amide bonds. The van der Waals surface area contributed by atoms with Crippen molar-refractivity contribution in [2.24, 2.45) is 0 Å². The molecule has 2 fully saturated rings. The third-order valence-electron chi connectivity index (χ3n) is 7.25. The molecule has 1 saturated heterocycles. The molecule has 0 bridgehead atoms. The molecule has 200 valence electrons. The fraction of sp³-hybridized carbons (Fsp3) is 0.370. The van der Waals surface area contributed by atoms with Crippen molar-refractivity contribution in [3.05, 3.63) is 52.5 Å². The van der Waals surface area contributed by atoms with Crippen LogP contribution in [0, 0.1) is 0 Å². The Hall–Kier alpha value is -2.43. The van der Waals surface area contributed by atoms with Gasteiger partial charge < -0.3 is 10.0 Å². The van der Waals surface area contributed by atoms with Crippen LogP contribution >= 0.6 is 46.7 Å². The van der Waals surface area contributed by atoms with E-state index in [1.165, 1.54) is 49.6 Å². The van der Waals surface area contributed by atoms with Crippen molar-refractivity contribution in [1.82, 2.24) is 14.9 Å². The van der Waals surface area contributed by atoms with Crippen molar-refractivity contribution >= 4 is 73.6 Å². The van der Waals surface area contributed by atoms with E-state index in [2.05, 4.69) is 20.1 Å². The molecular weight excluding hydrogens is 561 g/mol. The molecule has 4 aromatic rings. The number of pyridine rings is 1. The summed E-state index contributed by atoms with van der Waals surface area (Å²) in [6.07, 6.45) is 8.23. The summed E-state index contributed by atoms with van der Waals surface area (Å²) >= 11 is 9.33. The number of thiazole rings is 1. The second kappa shape index (κ2) is 11.8. The summed E-state index contributed by atoms with van der Waals surface area (Å²) in [5.74, 6) is -0.117. The molecule has 2 N–H and O–H groups in total. The number of nitrogens with one attached hydrogen (secondary N) is 1. The molecule has 1 aliphatic heterocycles. The maximum Gasteiger partial charge on any atom is 0.259 e. The molecule has 1 saturated carbocycles. The van der Waals surface area contributed by atoms with Crippen LogP contribution in [0.15, 0.2) is 41.9 Å². The van der Waals surface area contributed by atoms with Crippen molar-refractivity contribution in [2.45, 2.75) is 38.1 Å². The average Bonchev–Trinajstić information content (AvgIpc) is 3.55. The molecule has 6 rings (SSSR count). The van der Waals surface area contributed by atoms with E-state index in [0.29, 0.717) is 21.2 Å². The number of aromatic hydroxyl groups is 1. The first-order valence-corrected chi connectivity index (χ1v) is 14.8. The number of carbonyl (C=O) groups excluding carboxylic acids is 1. The van der Waals surface area contributed by atoms with Gasteiger partial charge in [-0.1, -0.05) is 42.2 Å². The lowest BCUT2D eigenvalue weighted by Gasteiger charge is -2.41. The fourth-order valence-electron chi connectivity index (χ4n) is 5.32. The van der Waals surface area contributed by atoms with Crippen LogP contribution < -0.4 is 10.2 Å². The van der Waals surface area contributed by atoms with Gasteiger partial charge in [-0.25, -0.2) is 4.98 Å². The minimum atomic E-state index is -0.263. The molecule has 1 aliphatic carbocycles. The number of thiophene rings is 1. The molecule has 1 aromatic carbocycles. The number of halogens is 2. The monoisotopic (exact) mass is 589 g/mol. The maximum atomic E-state index is 13.1. The van der Waals surface area contributed by atoms with E-state index in [1.54, 1.807) is 35.6 Å². The van der Waals surface area contributed by atoms with Crippen molar-refractivity contribution in [3.63, 3.8) is 0 Å². The number of anilines is 2. The lowest BCUT2D eigenvalue weighted by Crippen LogP contribution is -2.50. The summed E-state index contributed by atoms with van der Waals surface area (Å²) in [5.41, 5.74) is 1.95. The van der Waals surface area contributed by atoms with Gasteiger partial charge in [-0.2, -0.15) is 0 Å². The van der Waals surface area contributed by atoms with Crippen LogP contribution in [0.4, 0.5) is 10.1 Å². The van der Waals surface area contributed by atoms with Crippen LogP contribution in [0.2, 0.25) is 5.02 Å². The first kappa shape index (κ1) is 27.1. The van der Waals surface area contributed by atoms with Crippen LogP contribution in [0.5, 0.6) is 5.75 Å². The summed E-state index contributed by atoms with van der Waals surface area (Å²) in [6.45, 7) is 3.99. The largest absolute Gasteiger partial charge is 0.508 e. The summed E-state index contributed by atoms with van der Waals surface area (Å²) in [6, 6.07) is 9.36. The highest BCUT2D eigenvalue weighted by Gasteiger charge is 2.28. The molecule has 7 nitrogen and oxygen atoms in total. The first-order chi connectivity index (χ1) is 18.0. The van der Waals surface area contributed by atoms with E-state index < -0.39 is 0 Å². The number of piperazine rings is 1. The number of benzene rings is 1. The van der Waals surface area contributed by atoms with E-state index in [0.717, 1.165) is 53.2 Å². The molecular formula is C27H29Cl2N5O2S2. The van der Waals surface area contributed by atoms with Crippen molar-refractivity contribution in [2.75, 3.05) is 36.4 Å². The number of amides is 1. The van der Waals surface area contributed by atoms with Gasteiger partial charge in [-0.15, -0.1) is 23.7 Å². The van der Waals surface area contributed by atoms with Crippen LogP contribution in [0.1, 0.15) is 42.5 Å². The van der Waals surface area contributed by atoms with E-state index in [1.807, 2.05) is 11.4 Å². The predicted octanol–water partition coefficient (Wildman–Crippen LogP) is 6.91. The number of nitrogens with zero attached hydrogens (tertiary/aromatic N) is 4. The maximum absolute atomic E-state index is 13.1. The number of hydrogen-bond donors (Lipinski definition) is 2. The highest BCUT2D eigenvalue weighted by molar-refractivity contribution is 7.21. The fourth-order valence-corrected chi connectivity index (χ4v) is 7.47. The van der Waals surface area contributed by atoms with Gasteiger partial charge in [0.25, 0.3) is 5.91 Å². The number of hydrogen-bond acceptors (Lipinski definition) is 8. The second-order valence-electron chi connectivity index (χ2n) is 9.67. The summed E-state index contributed by atoms with van der Waals surface area (Å²) < 4.78 is 0. The first-order valence-electron chi connectivity index (χ1n) is 12.7. The van der Waals surface area contributed by atoms with Crippen LogP contribution in [-0.4, -0.2) is 58.1 Å². The zero-order chi connectivity index (χ0) is 25.4. The Morgan fingerprint density at radius 1 is 1.08 bits per heavy atom. The van der Waals surface area contributed by atoms with Crippen LogP contribution in [0.25, 0.3) is 21.5 Å². The third kappa shape index (κ3) is 5.77. The predicted molar refractivity (Wildman–Crippen MR) is 160 cm³/mol. The molecule has 11 heteroatoms.